The van der Waals surface area contributed by atoms with Crippen LogP contribution >= 0.6 is 0 Å². The van der Waals surface area contributed by atoms with Crippen LogP contribution in [0.3, 0.4) is 0 Å². The maximum Gasteiger partial charge on any atom is 0.435 e. The van der Waals surface area contributed by atoms with Crippen molar-refractivity contribution in [2.75, 3.05) is 31.6 Å². The number of morpholine rings is 1. The molecule has 1 aliphatic rings. The number of benzene rings is 2. The van der Waals surface area contributed by atoms with Gasteiger partial charge in [-0.3, -0.25) is 9.59 Å². The first-order chi connectivity index (χ1) is 15.7. The lowest BCUT2D eigenvalue weighted by atomic mass is 10.0. The normalized spacial score (nSPS) is 14.2. The summed E-state index contributed by atoms with van der Waals surface area (Å²) >= 11 is 0. The van der Waals surface area contributed by atoms with Gasteiger partial charge in [0.2, 0.25) is 0 Å². The van der Waals surface area contributed by atoms with Gasteiger partial charge in [-0.1, -0.05) is 6.07 Å². The molecule has 0 bridgehead atoms. The summed E-state index contributed by atoms with van der Waals surface area (Å²) in [6, 6.07) is 12.0. The fourth-order valence-corrected chi connectivity index (χ4v) is 3.52. The highest BCUT2D eigenvalue weighted by atomic mass is 19.4. The van der Waals surface area contributed by atoms with Gasteiger partial charge < -0.3 is 15.0 Å². The Morgan fingerprint density at radius 2 is 1.73 bits per heavy atom. The first-order valence-electron chi connectivity index (χ1n) is 10.3. The number of rotatable bonds is 4. The molecule has 0 atom stereocenters. The molecule has 172 valence electrons. The quantitative estimate of drug-likeness (QED) is 0.643. The molecular formula is C23H21F3N4O3. The molecule has 10 heteroatoms. The van der Waals surface area contributed by atoms with Gasteiger partial charge in [-0.2, -0.15) is 18.3 Å². The van der Waals surface area contributed by atoms with Gasteiger partial charge in [-0.15, -0.1) is 0 Å². The summed E-state index contributed by atoms with van der Waals surface area (Å²) in [5, 5.41) is 6.32. The molecule has 2 amide bonds. The summed E-state index contributed by atoms with van der Waals surface area (Å²) in [4.78, 5) is 27.3. The lowest BCUT2D eigenvalue weighted by Gasteiger charge is -2.27. The molecule has 0 unspecified atom stereocenters. The number of nitrogens with one attached hydrogen (secondary N) is 1. The van der Waals surface area contributed by atoms with Crippen LogP contribution < -0.4 is 5.32 Å². The third-order valence-electron chi connectivity index (χ3n) is 5.38. The highest BCUT2D eigenvalue weighted by molar-refractivity contribution is 6.06. The predicted octanol–water partition coefficient (Wildman–Crippen LogP) is 3.92. The molecule has 1 N–H and O–H groups in total. The molecule has 0 aliphatic carbocycles. The first-order valence-corrected chi connectivity index (χ1v) is 10.3. The summed E-state index contributed by atoms with van der Waals surface area (Å²) in [5.74, 6) is -0.522. The largest absolute Gasteiger partial charge is 0.435 e. The molecule has 0 saturated carbocycles. The molecule has 0 radical (unpaired) electrons. The summed E-state index contributed by atoms with van der Waals surface area (Å²) in [6.45, 7) is 3.78. The zero-order valence-electron chi connectivity index (χ0n) is 17.7. The third-order valence-corrected chi connectivity index (χ3v) is 5.38. The number of nitrogens with zero attached hydrogens (tertiary/aromatic N) is 3. The van der Waals surface area contributed by atoms with E-state index in [0.717, 1.165) is 10.7 Å². The number of hydrogen-bond donors (Lipinski definition) is 1. The fraction of sp³-hybridized carbons (Fsp3) is 0.261. The van der Waals surface area contributed by atoms with Crippen LogP contribution in [0.5, 0.6) is 0 Å². The average Bonchev–Trinajstić information content (AvgIpc) is 3.32. The van der Waals surface area contributed by atoms with Crippen molar-refractivity contribution in [2.24, 2.45) is 0 Å². The zero-order valence-corrected chi connectivity index (χ0v) is 17.7. The Bertz CT molecular complexity index is 1170. The van der Waals surface area contributed by atoms with E-state index in [4.69, 9.17) is 4.74 Å². The number of anilines is 1. The minimum Gasteiger partial charge on any atom is -0.378 e. The van der Waals surface area contributed by atoms with Crippen molar-refractivity contribution in [3.63, 3.8) is 0 Å². The Labute approximate surface area is 187 Å². The second kappa shape index (κ2) is 9.07. The highest BCUT2D eigenvalue weighted by Crippen LogP contribution is 2.28. The van der Waals surface area contributed by atoms with Crippen LogP contribution in [-0.2, 0) is 10.9 Å². The van der Waals surface area contributed by atoms with Crippen LogP contribution in [0, 0.1) is 6.92 Å². The van der Waals surface area contributed by atoms with Gasteiger partial charge in [-0.25, -0.2) is 4.68 Å². The second-order valence-corrected chi connectivity index (χ2v) is 7.53. The monoisotopic (exact) mass is 458 g/mol. The lowest BCUT2D eigenvalue weighted by molar-refractivity contribution is -0.141. The molecule has 3 aromatic rings. The third kappa shape index (κ3) is 4.90. The number of aromatic nitrogens is 2. The molecular weight excluding hydrogens is 437 g/mol. The van der Waals surface area contributed by atoms with Gasteiger partial charge in [0.25, 0.3) is 11.8 Å². The van der Waals surface area contributed by atoms with Crippen molar-refractivity contribution in [2.45, 2.75) is 13.1 Å². The highest BCUT2D eigenvalue weighted by Gasteiger charge is 2.33. The van der Waals surface area contributed by atoms with Crippen LogP contribution in [0.4, 0.5) is 18.9 Å². The van der Waals surface area contributed by atoms with Crippen molar-refractivity contribution in [1.82, 2.24) is 14.7 Å². The Hall–Kier alpha value is -3.66. The van der Waals surface area contributed by atoms with Crippen molar-refractivity contribution >= 4 is 17.5 Å². The average molecular weight is 458 g/mol. The molecule has 1 aliphatic heterocycles. The number of carbonyl (C=O) groups is 2. The van der Waals surface area contributed by atoms with E-state index in [2.05, 4.69) is 10.4 Å². The first kappa shape index (κ1) is 22.5. The molecule has 2 heterocycles. The van der Waals surface area contributed by atoms with E-state index >= 15 is 0 Å². The van der Waals surface area contributed by atoms with Crippen LogP contribution in [-0.4, -0.2) is 52.8 Å². The molecule has 1 fully saturated rings. The van der Waals surface area contributed by atoms with E-state index in [1.807, 2.05) is 0 Å². The summed E-state index contributed by atoms with van der Waals surface area (Å²) in [5.41, 5.74) is 1.36. The van der Waals surface area contributed by atoms with Crippen LogP contribution in [0.25, 0.3) is 5.69 Å². The number of ether oxygens (including phenoxy) is 1. The minimum absolute atomic E-state index is 0.117. The molecule has 7 nitrogen and oxygen atoms in total. The number of alkyl halides is 3. The second-order valence-electron chi connectivity index (χ2n) is 7.53. The van der Waals surface area contributed by atoms with Gasteiger partial charge in [0.15, 0.2) is 5.69 Å². The van der Waals surface area contributed by atoms with E-state index in [-0.39, 0.29) is 5.91 Å². The molecule has 0 spiro atoms. The maximum absolute atomic E-state index is 12.8. The SMILES string of the molecule is Cc1c(NC(=O)c2ccc(-n3ccc(C(F)(F)F)n3)cc2)cccc1C(=O)N1CCOCC1. The molecule has 1 aromatic heterocycles. The van der Waals surface area contributed by atoms with Gasteiger partial charge >= 0.3 is 6.18 Å². The molecule has 1 saturated heterocycles. The van der Waals surface area contributed by atoms with E-state index in [0.29, 0.717) is 54.4 Å². The van der Waals surface area contributed by atoms with Crippen molar-refractivity contribution in [3.05, 3.63) is 77.1 Å². The Morgan fingerprint density at radius 3 is 2.36 bits per heavy atom. The van der Waals surface area contributed by atoms with Gasteiger partial charge in [0.05, 0.1) is 18.9 Å². The van der Waals surface area contributed by atoms with E-state index in [1.165, 1.54) is 30.5 Å². The van der Waals surface area contributed by atoms with E-state index < -0.39 is 17.8 Å². The Kier molecular flexibility index (Phi) is 6.19. The molecule has 4 rings (SSSR count). The summed E-state index contributed by atoms with van der Waals surface area (Å²) in [6.07, 6.45) is -3.32. The van der Waals surface area contributed by atoms with E-state index in [9.17, 15) is 22.8 Å². The minimum atomic E-state index is -4.53. The van der Waals surface area contributed by atoms with E-state index in [1.54, 1.807) is 30.0 Å². The topological polar surface area (TPSA) is 76.5 Å². The summed E-state index contributed by atoms with van der Waals surface area (Å²) in [7, 11) is 0. The maximum atomic E-state index is 12.8. The van der Waals surface area contributed by atoms with Gasteiger partial charge in [0.1, 0.15) is 0 Å². The number of hydrogen-bond acceptors (Lipinski definition) is 4. The smallest absolute Gasteiger partial charge is 0.378 e. The predicted molar refractivity (Wildman–Crippen MR) is 114 cm³/mol. The zero-order chi connectivity index (χ0) is 23.6. The Balaban J connectivity index is 1.48. The number of carbonyl (C=O) groups excluding carboxylic acids is 2. The summed E-state index contributed by atoms with van der Waals surface area (Å²) < 4.78 is 44.6. The van der Waals surface area contributed by atoms with Crippen molar-refractivity contribution in [1.29, 1.82) is 0 Å². The fourth-order valence-electron chi connectivity index (χ4n) is 3.52. The number of amides is 2. The van der Waals surface area contributed by atoms with Crippen LogP contribution in [0.1, 0.15) is 32.0 Å². The van der Waals surface area contributed by atoms with Crippen LogP contribution in [0.2, 0.25) is 0 Å². The van der Waals surface area contributed by atoms with Gasteiger partial charge in [0, 0.05) is 36.1 Å². The standard InChI is InChI=1S/C23H21F3N4O3/c1-15-18(22(32)29-11-13-33-14-12-29)3-2-4-19(15)27-21(31)16-5-7-17(8-6-16)30-10-9-20(28-30)23(24,25)26/h2-10H,11-14H2,1H3,(H,27,31). The van der Waals surface area contributed by atoms with Gasteiger partial charge in [-0.05, 0) is 55.0 Å². The lowest BCUT2D eigenvalue weighted by Crippen LogP contribution is -2.41. The Morgan fingerprint density at radius 1 is 1.03 bits per heavy atom. The number of halogens is 3. The van der Waals surface area contributed by atoms with Crippen molar-refractivity contribution < 1.29 is 27.5 Å². The van der Waals surface area contributed by atoms with Crippen molar-refractivity contribution in [3.8, 4) is 5.69 Å². The molecule has 2 aromatic carbocycles. The molecule has 33 heavy (non-hydrogen) atoms. The van der Waals surface area contributed by atoms with Crippen LogP contribution in [0.15, 0.2) is 54.7 Å².